The Labute approximate surface area is 175 Å². The normalized spacial score (nSPS) is 11.3. The van der Waals surface area contributed by atoms with Gasteiger partial charge < -0.3 is 9.15 Å². The molecular formula is C20H19F3N4O4. The minimum Gasteiger partial charge on any atom is -0.487 e. The molecule has 1 heterocycles. The summed E-state index contributed by atoms with van der Waals surface area (Å²) in [5, 5.41) is 9.94. The van der Waals surface area contributed by atoms with E-state index in [1.165, 1.54) is 12.1 Å². The van der Waals surface area contributed by atoms with Crippen LogP contribution in [0.5, 0.6) is 5.75 Å². The van der Waals surface area contributed by atoms with Crippen molar-refractivity contribution in [3.8, 4) is 17.2 Å². The number of rotatable bonds is 6. The van der Waals surface area contributed by atoms with Crippen LogP contribution in [-0.2, 0) is 19.3 Å². The van der Waals surface area contributed by atoms with Gasteiger partial charge in [0.2, 0.25) is 5.89 Å². The third-order valence-electron chi connectivity index (χ3n) is 4.34. The highest BCUT2D eigenvalue weighted by molar-refractivity contribution is 5.72. The fraction of sp³-hybridized carbons (Fsp3) is 0.200. The van der Waals surface area contributed by atoms with Crippen molar-refractivity contribution in [1.82, 2.24) is 15.5 Å². The quantitative estimate of drug-likeness (QED) is 0.233. The van der Waals surface area contributed by atoms with Crippen molar-refractivity contribution in [2.24, 2.45) is 5.84 Å². The van der Waals surface area contributed by atoms with Crippen LogP contribution in [0.25, 0.3) is 11.5 Å². The van der Waals surface area contributed by atoms with Crippen LogP contribution < -0.4 is 16.0 Å². The number of hydrazine groups is 1. The second-order valence-corrected chi connectivity index (χ2v) is 6.54. The second-order valence-electron chi connectivity index (χ2n) is 6.54. The molecule has 11 heteroatoms. The summed E-state index contributed by atoms with van der Waals surface area (Å²) >= 11 is 0. The number of benzene rings is 2. The highest BCUT2D eigenvalue weighted by Gasteiger charge is 2.30. The van der Waals surface area contributed by atoms with Crippen molar-refractivity contribution in [3.63, 3.8) is 0 Å². The van der Waals surface area contributed by atoms with Crippen LogP contribution in [0.3, 0.4) is 0 Å². The predicted octanol–water partition coefficient (Wildman–Crippen LogP) is 4.02. The molecule has 0 bridgehead atoms. The molecule has 0 spiro atoms. The van der Waals surface area contributed by atoms with Crippen molar-refractivity contribution in [3.05, 3.63) is 71.1 Å². The van der Waals surface area contributed by atoms with Crippen molar-refractivity contribution in [1.29, 1.82) is 0 Å². The zero-order valence-corrected chi connectivity index (χ0v) is 16.3. The number of ether oxygens (including phenoxy) is 1. The molecule has 0 aliphatic heterocycles. The average molecular weight is 436 g/mol. The Morgan fingerprint density at radius 2 is 1.84 bits per heavy atom. The standard InChI is InChI=1S/C20H19F3N4O4/c1-12-17(25-18(31-12)14-4-6-15(7-5-14)20(21,22)23)11-30-16-8-2-13(3-9-16)10-27(29)19(28)26-24/h2-9,29H,10-11,24H2,1H3,(H,26,28). The van der Waals surface area contributed by atoms with Crippen molar-refractivity contribution in [2.45, 2.75) is 26.3 Å². The number of carbonyl (C=O) groups is 1. The first-order chi connectivity index (χ1) is 14.7. The van der Waals surface area contributed by atoms with Gasteiger partial charge in [0.1, 0.15) is 23.8 Å². The molecule has 0 unspecified atom stereocenters. The minimum atomic E-state index is -4.41. The van der Waals surface area contributed by atoms with Crippen molar-refractivity contribution in [2.75, 3.05) is 0 Å². The first-order valence-corrected chi connectivity index (χ1v) is 9.00. The van der Waals surface area contributed by atoms with E-state index in [1.54, 1.807) is 31.2 Å². The minimum absolute atomic E-state index is 0.0673. The third-order valence-corrected chi connectivity index (χ3v) is 4.34. The lowest BCUT2D eigenvalue weighted by Crippen LogP contribution is -2.41. The molecule has 3 rings (SSSR count). The van der Waals surface area contributed by atoms with Crippen molar-refractivity contribution < 1.29 is 32.3 Å². The monoisotopic (exact) mass is 436 g/mol. The summed E-state index contributed by atoms with van der Waals surface area (Å²) < 4.78 is 49.3. The van der Waals surface area contributed by atoms with Gasteiger partial charge >= 0.3 is 12.2 Å². The molecule has 0 aliphatic rings. The summed E-state index contributed by atoms with van der Waals surface area (Å²) in [4.78, 5) is 15.5. The number of hydrogen-bond acceptors (Lipinski definition) is 6. The average Bonchev–Trinajstić information content (AvgIpc) is 3.12. The molecule has 0 saturated carbocycles. The first kappa shape index (κ1) is 22.1. The Morgan fingerprint density at radius 3 is 2.42 bits per heavy atom. The Balaban J connectivity index is 1.62. The Kier molecular flexibility index (Phi) is 6.47. The lowest BCUT2D eigenvalue weighted by molar-refractivity contribution is -0.137. The van der Waals surface area contributed by atoms with Crippen LogP contribution in [0.15, 0.2) is 52.9 Å². The van der Waals surface area contributed by atoms with Gasteiger partial charge in [0.15, 0.2) is 0 Å². The Morgan fingerprint density at radius 1 is 1.19 bits per heavy atom. The molecule has 1 aromatic heterocycles. The summed E-state index contributed by atoms with van der Waals surface area (Å²) in [6.45, 7) is 1.69. The van der Waals surface area contributed by atoms with E-state index in [0.717, 1.165) is 12.1 Å². The molecule has 0 saturated heterocycles. The van der Waals surface area contributed by atoms with E-state index in [0.29, 0.717) is 33.4 Å². The number of urea groups is 1. The summed E-state index contributed by atoms with van der Waals surface area (Å²) in [5.74, 6) is 6.13. The van der Waals surface area contributed by atoms with Crippen molar-refractivity contribution >= 4 is 6.03 Å². The van der Waals surface area contributed by atoms with Crippen LogP contribution >= 0.6 is 0 Å². The van der Waals surface area contributed by atoms with Gasteiger partial charge in [-0.25, -0.2) is 20.7 Å². The number of hydroxylamine groups is 2. The number of amides is 2. The number of aromatic nitrogens is 1. The maximum atomic E-state index is 12.7. The molecule has 0 atom stereocenters. The molecule has 0 radical (unpaired) electrons. The number of nitrogens with two attached hydrogens (primary N) is 1. The number of nitrogens with zero attached hydrogens (tertiary/aromatic N) is 2. The number of oxazole rings is 1. The highest BCUT2D eigenvalue weighted by Crippen LogP contribution is 2.31. The van der Waals surface area contributed by atoms with E-state index >= 15 is 0 Å². The van der Waals surface area contributed by atoms with Gasteiger partial charge in [-0.2, -0.15) is 13.2 Å². The molecule has 4 N–H and O–H groups in total. The van der Waals surface area contributed by atoms with Gasteiger partial charge in [0.05, 0.1) is 12.1 Å². The largest absolute Gasteiger partial charge is 0.487 e. The van der Waals surface area contributed by atoms with Gasteiger partial charge in [-0.3, -0.25) is 10.6 Å². The lowest BCUT2D eigenvalue weighted by atomic mass is 10.1. The Hall–Kier alpha value is -3.57. The van der Waals surface area contributed by atoms with Gasteiger partial charge in [0.25, 0.3) is 0 Å². The van der Waals surface area contributed by atoms with Crippen LogP contribution in [-0.4, -0.2) is 21.3 Å². The van der Waals surface area contributed by atoms with Crippen LogP contribution in [0.1, 0.15) is 22.6 Å². The van der Waals surface area contributed by atoms with Crippen LogP contribution in [0, 0.1) is 6.92 Å². The number of halogens is 3. The zero-order chi connectivity index (χ0) is 22.6. The van der Waals surface area contributed by atoms with Gasteiger partial charge in [-0.05, 0) is 48.9 Å². The topological polar surface area (TPSA) is 114 Å². The molecule has 31 heavy (non-hydrogen) atoms. The maximum Gasteiger partial charge on any atom is 0.416 e. The molecule has 3 aromatic rings. The Bertz CT molecular complexity index is 1030. The van der Waals surface area contributed by atoms with E-state index in [-0.39, 0.29) is 19.0 Å². The molecule has 164 valence electrons. The molecule has 8 nitrogen and oxygen atoms in total. The smallest absolute Gasteiger partial charge is 0.416 e. The number of alkyl halides is 3. The molecule has 0 fully saturated rings. The van der Waals surface area contributed by atoms with E-state index in [9.17, 15) is 23.2 Å². The van der Waals surface area contributed by atoms with E-state index in [1.807, 2.05) is 5.43 Å². The summed E-state index contributed by atoms with van der Waals surface area (Å²) in [5.41, 5.74) is 2.62. The third kappa shape index (κ3) is 5.53. The number of hydrogen-bond donors (Lipinski definition) is 3. The van der Waals surface area contributed by atoms with Gasteiger partial charge in [0, 0.05) is 5.56 Å². The molecule has 0 aliphatic carbocycles. The number of nitrogens with one attached hydrogen (secondary N) is 1. The molecular weight excluding hydrogens is 417 g/mol. The van der Waals surface area contributed by atoms with Gasteiger partial charge in [-0.1, -0.05) is 12.1 Å². The molecule has 2 amide bonds. The summed E-state index contributed by atoms with van der Waals surface area (Å²) in [7, 11) is 0. The number of carbonyl (C=O) groups excluding carboxylic acids is 1. The van der Waals surface area contributed by atoms with Crippen LogP contribution in [0.2, 0.25) is 0 Å². The zero-order valence-electron chi connectivity index (χ0n) is 16.3. The predicted molar refractivity (Wildman–Crippen MR) is 103 cm³/mol. The maximum absolute atomic E-state index is 12.7. The fourth-order valence-electron chi connectivity index (χ4n) is 2.65. The van der Waals surface area contributed by atoms with Gasteiger partial charge in [-0.15, -0.1) is 0 Å². The second kappa shape index (κ2) is 9.06. The van der Waals surface area contributed by atoms with E-state index in [2.05, 4.69) is 4.98 Å². The fourth-order valence-corrected chi connectivity index (χ4v) is 2.65. The van der Waals surface area contributed by atoms with E-state index in [4.69, 9.17) is 15.0 Å². The lowest BCUT2D eigenvalue weighted by Gasteiger charge is -2.14. The molecule has 2 aromatic carbocycles. The van der Waals surface area contributed by atoms with Crippen LogP contribution in [0.4, 0.5) is 18.0 Å². The number of aryl methyl sites for hydroxylation is 1. The highest BCUT2D eigenvalue weighted by atomic mass is 19.4. The van der Waals surface area contributed by atoms with E-state index < -0.39 is 17.8 Å². The summed E-state index contributed by atoms with van der Waals surface area (Å²) in [6.07, 6.45) is -4.41. The SMILES string of the molecule is Cc1oc(-c2ccc(C(F)(F)F)cc2)nc1COc1ccc(CN(O)C(=O)NN)cc1. The summed E-state index contributed by atoms with van der Waals surface area (Å²) in [6, 6.07) is 10.3. The first-order valence-electron chi connectivity index (χ1n) is 9.00.